The Hall–Kier alpha value is -5.23. The van der Waals surface area contributed by atoms with Gasteiger partial charge in [0, 0.05) is 52.5 Å². The summed E-state index contributed by atoms with van der Waals surface area (Å²) in [5.41, 5.74) is 4.38. The van der Waals surface area contributed by atoms with Gasteiger partial charge in [-0.1, -0.05) is 64.3 Å². The van der Waals surface area contributed by atoms with Crippen LogP contribution in [0.1, 0.15) is 78.2 Å². The number of hydrogen-bond acceptors (Lipinski definition) is 10. The van der Waals surface area contributed by atoms with Crippen LogP contribution in [0.4, 0.5) is 11.4 Å². The number of nitrogens with one attached hydrogen (secondary N) is 2. The van der Waals surface area contributed by atoms with Gasteiger partial charge in [-0.3, -0.25) is 24.0 Å². The summed E-state index contributed by atoms with van der Waals surface area (Å²) in [6.45, 7) is 9.40. The van der Waals surface area contributed by atoms with Crippen LogP contribution in [0.25, 0.3) is 0 Å². The molecule has 1 unspecified atom stereocenters. The van der Waals surface area contributed by atoms with Crippen molar-refractivity contribution in [2.75, 3.05) is 37.5 Å². The molecular formula is C37H48N6O6. The fraction of sp³-hybridized carbons (Fsp3) is 0.378. The van der Waals surface area contributed by atoms with Crippen LogP contribution in [-0.2, 0) is 24.3 Å². The Kier molecular flexibility index (Phi) is 15.4. The number of aliphatic hydroxyl groups excluding tert-OH is 1. The Morgan fingerprint density at radius 3 is 2.41 bits per heavy atom. The average molecular weight is 673 g/mol. The number of carbonyl (C=O) groups is 3. The molecule has 1 atom stereocenters. The number of nitrogens with zero attached hydrogens (tertiary/aromatic N) is 4. The van der Waals surface area contributed by atoms with Crippen LogP contribution in [0, 0.1) is 0 Å². The molecule has 1 aromatic heterocycles. The first-order valence-corrected chi connectivity index (χ1v) is 15.9. The van der Waals surface area contributed by atoms with Gasteiger partial charge in [0.05, 0.1) is 6.04 Å². The minimum atomic E-state index is -0.456. The fourth-order valence-electron chi connectivity index (χ4n) is 5.51. The van der Waals surface area contributed by atoms with Crippen molar-refractivity contribution < 1.29 is 19.5 Å². The first-order chi connectivity index (χ1) is 23.2. The van der Waals surface area contributed by atoms with E-state index in [1.807, 2.05) is 43.0 Å². The van der Waals surface area contributed by atoms with Gasteiger partial charge in [0.2, 0.25) is 0 Å². The van der Waals surface area contributed by atoms with Gasteiger partial charge in [-0.15, -0.1) is 0 Å². The Morgan fingerprint density at radius 2 is 1.73 bits per heavy atom. The van der Waals surface area contributed by atoms with Gasteiger partial charge < -0.3 is 25.5 Å². The van der Waals surface area contributed by atoms with E-state index in [9.17, 15) is 24.0 Å². The molecule has 12 nitrogen and oxygen atoms in total. The van der Waals surface area contributed by atoms with Crippen molar-refractivity contribution in [3.05, 3.63) is 115 Å². The van der Waals surface area contributed by atoms with E-state index in [0.717, 1.165) is 42.9 Å². The predicted molar refractivity (Wildman–Crippen MR) is 194 cm³/mol. The van der Waals surface area contributed by atoms with E-state index in [1.165, 1.54) is 12.4 Å². The van der Waals surface area contributed by atoms with E-state index >= 15 is 0 Å². The van der Waals surface area contributed by atoms with Crippen molar-refractivity contribution in [1.29, 1.82) is 0 Å². The van der Waals surface area contributed by atoms with Crippen molar-refractivity contribution in [3.63, 3.8) is 0 Å². The molecule has 0 fully saturated rings. The number of rotatable bonds is 8. The van der Waals surface area contributed by atoms with Crippen molar-refractivity contribution >= 4 is 29.5 Å². The lowest BCUT2D eigenvalue weighted by atomic mass is 9.96. The summed E-state index contributed by atoms with van der Waals surface area (Å²) in [5.74, 6) is -0.912. The Morgan fingerprint density at radius 1 is 1.04 bits per heavy atom. The summed E-state index contributed by atoms with van der Waals surface area (Å²) in [6.07, 6.45) is 10.1. The van der Waals surface area contributed by atoms with E-state index in [0.29, 0.717) is 48.5 Å². The van der Waals surface area contributed by atoms with Crippen LogP contribution in [-0.4, -0.2) is 67.0 Å². The van der Waals surface area contributed by atoms with Crippen molar-refractivity contribution in [2.45, 2.75) is 66.1 Å². The van der Waals surface area contributed by atoms with Gasteiger partial charge in [0.1, 0.15) is 35.4 Å². The third kappa shape index (κ3) is 9.66. The molecule has 2 heterocycles. The SMILES string of the molecule is C.C=C1/C=C\C(C=O)=C/CCCC1NC(=O)c1cc(C(=O)NCc2ccc3c(c2)CN(c2c(N(C)C)c(=O)c2=O)CC3)ncn1.CC.CO. The first-order valence-electron chi connectivity index (χ1n) is 15.9. The number of amides is 2. The number of carbonyl (C=O) groups excluding carboxylic acids is 3. The number of anilines is 2. The number of benzene rings is 1. The minimum absolute atomic E-state index is 0. The number of aromatic nitrogens is 2. The van der Waals surface area contributed by atoms with Gasteiger partial charge in [-0.2, -0.15) is 0 Å². The lowest BCUT2D eigenvalue weighted by Gasteiger charge is -2.34. The van der Waals surface area contributed by atoms with Crippen molar-refractivity contribution in [2.24, 2.45) is 0 Å². The molecule has 0 saturated carbocycles. The maximum absolute atomic E-state index is 13.0. The molecule has 49 heavy (non-hydrogen) atoms. The van der Waals surface area contributed by atoms with E-state index in [-0.39, 0.29) is 31.4 Å². The van der Waals surface area contributed by atoms with Crippen LogP contribution < -0.4 is 31.3 Å². The molecule has 1 aliphatic heterocycles. The fourth-order valence-corrected chi connectivity index (χ4v) is 5.51. The summed E-state index contributed by atoms with van der Waals surface area (Å²) in [6, 6.07) is 6.96. The van der Waals surface area contributed by atoms with E-state index < -0.39 is 22.7 Å². The van der Waals surface area contributed by atoms with Crippen LogP contribution >= 0.6 is 0 Å². The normalized spacial score (nSPS) is 16.9. The number of fused-ring (bicyclic) bond motifs is 1. The number of allylic oxidation sites excluding steroid dienone is 3. The van der Waals surface area contributed by atoms with Crippen LogP contribution in [0.15, 0.2) is 76.1 Å². The van der Waals surface area contributed by atoms with Gasteiger partial charge in [0.15, 0.2) is 0 Å². The molecule has 2 aromatic carbocycles. The third-order valence-corrected chi connectivity index (χ3v) is 7.95. The van der Waals surface area contributed by atoms with Crippen LogP contribution in [0.5, 0.6) is 0 Å². The zero-order chi connectivity index (χ0) is 35.4. The second kappa shape index (κ2) is 18.9. The van der Waals surface area contributed by atoms with Gasteiger partial charge in [-0.05, 0) is 47.9 Å². The highest BCUT2D eigenvalue weighted by molar-refractivity contribution is 5.97. The summed E-state index contributed by atoms with van der Waals surface area (Å²) in [5, 5.41) is 12.8. The molecular weight excluding hydrogens is 624 g/mol. The molecule has 0 radical (unpaired) electrons. The Labute approximate surface area is 288 Å². The molecule has 0 bridgehead atoms. The molecule has 262 valence electrons. The van der Waals surface area contributed by atoms with Crippen LogP contribution in [0.3, 0.4) is 0 Å². The Bertz CT molecular complexity index is 1770. The van der Waals surface area contributed by atoms with E-state index in [4.69, 9.17) is 5.11 Å². The summed E-state index contributed by atoms with van der Waals surface area (Å²) in [4.78, 5) is 73.3. The smallest absolute Gasteiger partial charge is 0.270 e. The first kappa shape index (κ1) is 39.9. The third-order valence-electron chi connectivity index (χ3n) is 7.95. The lowest BCUT2D eigenvalue weighted by molar-refractivity contribution is -0.104. The Balaban J connectivity index is 0.00000161. The highest BCUT2D eigenvalue weighted by atomic mass is 16.2. The van der Waals surface area contributed by atoms with Crippen molar-refractivity contribution in [1.82, 2.24) is 20.6 Å². The zero-order valence-corrected chi connectivity index (χ0v) is 28.2. The summed E-state index contributed by atoms with van der Waals surface area (Å²) >= 11 is 0. The monoisotopic (exact) mass is 672 g/mol. The number of hydrogen-bond donors (Lipinski definition) is 3. The molecule has 12 heteroatoms. The second-order valence-corrected chi connectivity index (χ2v) is 11.2. The van der Waals surface area contributed by atoms with Gasteiger partial charge in [0.25, 0.3) is 22.7 Å². The van der Waals surface area contributed by atoms with Crippen LogP contribution in [0.2, 0.25) is 0 Å². The lowest BCUT2D eigenvalue weighted by Crippen LogP contribution is -2.46. The molecule has 3 N–H and O–H groups in total. The highest BCUT2D eigenvalue weighted by Gasteiger charge is 2.29. The van der Waals surface area contributed by atoms with Gasteiger partial charge in [-0.25, -0.2) is 9.97 Å². The van der Waals surface area contributed by atoms with E-state index in [1.54, 1.807) is 31.1 Å². The maximum Gasteiger partial charge on any atom is 0.270 e. The standard InChI is InChI=1S/C33H34N6O5.C2H6.CH4O.CH4/c1-20-8-9-21(18-40)6-4-5-7-25(20)37-33(44)27-15-26(35-19-36-27)32(43)34-16-22-10-11-23-12-13-39(17-24(23)14-22)29-28(38(2)3)30(41)31(29)42;2*1-2;/h6,8-11,14-15,18-19,25H,1,4-5,7,12-13,16-17H2,2-3H3,(H,34,43)(H,37,44);1-2H3;2H,1H3;1H4/b9-8-,21-6+;;;. The highest BCUT2D eigenvalue weighted by Crippen LogP contribution is 2.29. The molecule has 2 aliphatic rings. The predicted octanol–water partition coefficient (Wildman–Crippen LogP) is 3.42. The topological polar surface area (TPSA) is 162 Å². The minimum Gasteiger partial charge on any atom is -0.400 e. The summed E-state index contributed by atoms with van der Waals surface area (Å²) in [7, 11) is 4.51. The largest absolute Gasteiger partial charge is 0.400 e. The maximum atomic E-state index is 13.0. The molecule has 2 amide bonds. The summed E-state index contributed by atoms with van der Waals surface area (Å²) < 4.78 is 0. The molecule has 0 saturated heterocycles. The number of aldehydes is 1. The van der Waals surface area contributed by atoms with Crippen molar-refractivity contribution in [3.8, 4) is 0 Å². The van der Waals surface area contributed by atoms with Gasteiger partial charge >= 0.3 is 0 Å². The quantitative estimate of drug-likeness (QED) is 0.239. The molecule has 3 aromatic rings. The zero-order valence-electron chi connectivity index (χ0n) is 28.2. The van der Waals surface area contributed by atoms with E-state index in [2.05, 4.69) is 27.2 Å². The molecule has 0 spiro atoms. The average Bonchev–Trinajstić information content (AvgIpc) is 3.20. The molecule has 5 rings (SSSR count). The number of aliphatic hydroxyl groups is 1. The second-order valence-electron chi connectivity index (χ2n) is 11.2. The molecule has 1 aliphatic carbocycles.